The first-order chi connectivity index (χ1) is 10.5. The van der Waals surface area contributed by atoms with Crippen LogP contribution in [0.1, 0.15) is 25.3 Å². The summed E-state index contributed by atoms with van der Waals surface area (Å²) in [5.41, 5.74) is 1.62. The minimum absolute atomic E-state index is 0.0755. The van der Waals surface area contributed by atoms with Crippen LogP contribution in [0.3, 0.4) is 0 Å². The van der Waals surface area contributed by atoms with Gasteiger partial charge in [0.1, 0.15) is 5.75 Å². The van der Waals surface area contributed by atoms with E-state index in [0.29, 0.717) is 21.7 Å². The van der Waals surface area contributed by atoms with Crippen molar-refractivity contribution in [3.8, 4) is 5.75 Å². The molecule has 1 amide bonds. The summed E-state index contributed by atoms with van der Waals surface area (Å²) in [6, 6.07) is 12.6. The van der Waals surface area contributed by atoms with Crippen LogP contribution in [0, 0.1) is 0 Å². The van der Waals surface area contributed by atoms with Crippen LogP contribution in [-0.4, -0.2) is 12.5 Å². The fourth-order valence-corrected chi connectivity index (χ4v) is 2.58. The molecule has 0 atom stereocenters. The Kier molecular flexibility index (Phi) is 5.69. The number of nitrogens with one attached hydrogen (secondary N) is 1. The quantitative estimate of drug-likeness (QED) is 0.820. The molecule has 0 bridgehead atoms. The number of halogens is 2. The number of ether oxygens (including phenoxy) is 1. The van der Waals surface area contributed by atoms with Crippen molar-refractivity contribution in [1.82, 2.24) is 0 Å². The molecule has 0 saturated heterocycles. The summed E-state index contributed by atoms with van der Waals surface area (Å²) in [6.45, 7) is 4.08. The van der Waals surface area contributed by atoms with E-state index in [9.17, 15) is 4.79 Å². The van der Waals surface area contributed by atoms with Gasteiger partial charge in [0.05, 0.1) is 0 Å². The van der Waals surface area contributed by atoms with E-state index in [1.807, 2.05) is 24.3 Å². The SMILES string of the molecule is CC(C)c1ccccc1OCC(=O)Nc1cc(Cl)cc(Cl)c1. The largest absolute Gasteiger partial charge is 0.483 e. The number of carbonyl (C=O) groups is 1. The Hall–Kier alpha value is -1.71. The van der Waals surface area contributed by atoms with Gasteiger partial charge >= 0.3 is 0 Å². The molecule has 0 spiro atoms. The van der Waals surface area contributed by atoms with Crippen molar-refractivity contribution >= 4 is 34.8 Å². The predicted molar refractivity (Wildman–Crippen MR) is 91.1 cm³/mol. The highest BCUT2D eigenvalue weighted by atomic mass is 35.5. The number of hydrogen-bond donors (Lipinski definition) is 1. The molecule has 2 rings (SSSR count). The lowest BCUT2D eigenvalue weighted by atomic mass is 10.0. The maximum Gasteiger partial charge on any atom is 0.262 e. The zero-order chi connectivity index (χ0) is 16.1. The highest BCUT2D eigenvalue weighted by molar-refractivity contribution is 6.35. The average Bonchev–Trinajstić information content (AvgIpc) is 2.44. The predicted octanol–water partition coefficient (Wildman–Crippen LogP) is 5.13. The van der Waals surface area contributed by atoms with E-state index < -0.39 is 0 Å². The van der Waals surface area contributed by atoms with Gasteiger partial charge in [-0.1, -0.05) is 55.2 Å². The van der Waals surface area contributed by atoms with Crippen LogP contribution in [0.25, 0.3) is 0 Å². The molecule has 0 aliphatic carbocycles. The fraction of sp³-hybridized carbons (Fsp3) is 0.235. The molecule has 2 aromatic rings. The van der Waals surface area contributed by atoms with E-state index in [-0.39, 0.29) is 12.5 Å². The minimum atomic E-state index is -0.267. The van der Waals surface area contributed by atoms with Gasteiger partial charge in [-0.2, -0.15) is 0 Å². The van der Waals surface area contributed by atoms with Crippen LogP contribution in [0.4, 0.5) is 5.69 Å². The van der Waals surface area contributed by atoms with Crippen LogP contribution in [0.2, 0.25) is 10.0 Å². The Bertz CT molecular complexity index is 651. The Morgan fingerprint density at radius 2 is 1.77 bits per heavy atom. The van der Waals surface area contributed by atoms with E-state index in [0.717, 1.165) is 11.3 Å². The molecule has 3 nitrogen and oxygen atoms in total. The molecular weight excluding hydrogens is 321 g/mol. The second-order valence-corrected chi connectivity index (χ2v) is 6.06. The van der Waals surface area contributed by atoms with Gasteiger partial charge in [-0.05, 0) is 35.7 Å². The normalized spacial score (nSPS) is 10.6. The van der Waals surface area contributed by atoms with Gasteiger partial charge in [0, 0.05) is 15.7 Å². The Morgan fingerprint density at radius 1 is 1.14 bits per heavy atom. The second-order valence-electron chi connectivity index (χ2n) is 5.19. The van der Waals surface area contributed by atoms with Crippen molar-refractivity contribution in [2.75, 3.05) is 11.9 Å². The van der Waals surface area contributed by atoms with Crippen LogP contribution in [0.15, 0.2) is 42.5 Å². The maximum atomic E-state index is 12.0. The summed E-state index contributed by atoms with van der Waals surface area (Å²) in [5.74, 6) is 0.777. The van der Waals surface area contributed by atoms with E-state index >= 15 is 0 Å². The first kappa shape index (κ1) is 16.7. The Labute approximate surface area is 140 Å². The van der Waals surface area contributed by atoms with E-state index in [2.05, 4.69) is 19.2 Å². The van der Waals surface area contributed by atoms with E-state index in [1.54, 1.807) is 18.2 Å². The molecule has 5 heteroatoms. The molecule has 0 saturated carbocycles. The van der Waals surface area contributed by atoms with Crippen molar-refractivity contribution in [2.24, 2.45) is 0 Å². The van der Waals surface area contributed by atoms with Crippen molar-refractivity contribution in [1.29, 1.82) is 0 Å². The number of rotatable bonds is 5. The van der Waals surface area contributed by atoms with Crippen molar-refractivity contribution < 1.29 is 9.53 Å². The molecule has 0 radical (unpaired) electrons. The smallest absolute Gasteiger partial charge is 0.262 e. The number of hydrogen-bond acceptors (Lipinski definition) is 2. The standard InChI is InChI=1S/C17H17Cl2NO2/c1-11(2)15-5-3-4-6-16(15)22-10-17(21)20-14-8-12(18)7-13(19)9-14/h3-9,11H,10H2,1-2H3,(H,20,21). The third kappa shape index (κ3) is 4.65. The summed E-state index contributed by atoms with van der Waals surface area (Å²) in [7, 11) is 0. The second kappa shape index (κ2) is 7.52. The Morgan fingerprint density at radius 3 is 2.41 bits per heavy atom. The zero-order valence-corrected chi connectivity index (χ0v) is 13.9. The van der Waals surface area contributed by atoms with Crippen LogP contribution < -0.4 is 10.1 Å². The van der Waals surface area contributed by atoms with Gasteiger partial charge in [-0.3, -0.25) is 4.79 Å². The molecule has 0 unspecified atom stereocenters. The van der Waals surface area contributed by atoms with E-state index in [4.69, 9.17) is 27.9 Å². The van der Waals surface area contributed by atoms with Gasteiger partial charge in [0.15, 0.2) is 6.61 Å². The van der Waals surface area contributed by atoms with Crippen LogP contribution in [0.5, 0.6) is 5.75 Å². The minimum Gasteiger partial charge on any atom is -0.483 e. The van der Waals surface area contributed by atoms with Crippen molar-refractivity contribution in [3.05, 3.63) is 58.1 Å². The molecule has 0 aliphatic rings. The zero-order valence-electron chi connectivity index (χ0n) is 12.4. The first-order valence-electron chi connectivity index (χ1n) is 6.93. The summed E-state index contributed by atoms with van der Waals surface area (Å²) < 4.78 is 5.61. The number of para-hydroxylation sites is 1. The van der Waals surface area contributed by atoms with Gasteiger partial charge in [-0.15, -0.1) is 0 Å². The molecule has 0 aliphatic heterocycles. The fourth-order valence-electron chi connectivity index (χ4n) is 2.06. The molecule has 2 aromatic carbocycles. The van der Waals surface area contributed by atoms with Crippen molar-refractivity contribution in [2.45, 2.75) is 19.8 Å². The summed E-state index contributed by atoms with van der Waals surface area (Å²) >= 11 is 11.8. The Balaban J connectivity index is 1.99. The lowest BCUT2D eigenvalue weighted by Gasteiger charge is -2.13. The van der Waals surface area contributed by atoms with Crippen LogP contribution in [-0.2, 0) is 4.79 Å². The average molecular weight is 338 g/mol. The molecular formula is C17H17Cl2NO2. The third-order valence-electron chi connectivity index (χ3n) is 3.05. The topological polar surface area (TPSA) is 38.3 Å². The van der Waals surface area contributed by atoms with Crippen molar-refractivity contribution in [3.63, 3.8) is 0 Å². The summed E-state index contributed by atoms with van der Waals surface area (Å²) in [5, 5.41) is 3.64. The lowest BCUT2D eigenvalue weighted by Crippen LogP contribution is -2.20. The summed E-state index contributed by atoms with van der Waals surface area (Å²) in [6.07, 6.45) is 0. The van der Waals surface area contributed by atoms with E-state index in [1.165, 1.54) is 0 Å². The molecule has 0 fully saturated rings. The number of benzene rings is 2. The van der Waals surface area contributed by atoms with Gasteiger partial charge in [-0.25, -0.2) is 0 Å². The molecule has 22 heavy (non-hydrogen) atoms. The molecule has 0 aromatic heterocycles. The van der Waals surface area contributed by atoms with Gasteiger partial charge in [0.2, 0.25) is 0 Å². The van der Waals surface area contributed by atoms with Gasteiger partial charge in [0.25, 0.3) is 5.91 Å². The summed E-state index contributed by atoms with van der Waals surface area (Å²) in [4.78, 5) is 12.0. The van der Waals surface area contributed by atoms with Gasteiger partial charge < -0.3 is 10.1 Å². The molecule has 116 valence electrons. The molecule has 0 heterocycles. The first-order valence-corrected chi connectivity index (χ1v) is 7.69. The highest BCUT2D eigenvalue weighted by Gasteiger charge is 2.10. The monoisotopic (exact) mass is 337 g/mol. The maximum absolute atomic E-state index is 12.0. The van der Waals surface area contributed by atoms with Crippen LogP contribution >= 0.6 is 23.2 Å². The molecule has 1 N–H and O–H groups in total. The number of anilines is 1. The highest BCUT2D eigenvalue weighted by Crippen LogP contribution is 2.26. The third-order valence-corrected chi connectivity index (χ3v) is 3.48. The lowest BCUT2D eigenvalue weighted by molar-refractivity contribution is -0.118. The number of carbonyl (C=O) groups excluding carboxylic acids is 1. The number of amides is 1.